The highest BCUT2D eigenvalue weighted by Crippen LogP contribution is 2.17. The minimum absolute atomic E-state index is 0.0140. The standard InChI is InChI=1S/C32H43N5O12/c1-16(2)44-31(42)48-18(5)46-24(38)14-13-23(29(41)47-19(6)49-32(43)45-17(3)4)35-27(39)21-10-7-20(8-11-21)9-12-22-15-34-26-25(22)28(40)37-30(33)36-26/h7-8,10-11,15-19,23,29,41H,9,12-14H2,1-6H3,(H,35,39)(H4,33,34,36,37,40)/t18?,19?,23-,29?/m0/s1. The largest absolute Gasteiger partial charge is 0.511 e. The van der Waals surface area contributed by atoms with Crippen molar-refractivity contribution < 1.29 is 52.7 Å². The first-order chi connectivity index (χ1) is 23.1. The molecule has 0 aliphatic heterocycles. The number of carbonyl (C=O) groups is 4. The van der Waals surface area contributed by atoms with Crippen molar-refractivity contribution in [2.75, 3.05) is 5.73 Å². The molecule has 0 radical (unpaired) electrons. The summed E-state index contributed by atoms with van der Waals surface area (Å²) in [5, 5.41) is 13.9. The molecule has 2 aromatic heterocycles. The number of aliphatic hydroxyl groups is 1. The lowest BCUT2D eigenvalue weighted by Crippen LogP contribution is -2.46. The molecular weight excluding hydrogens is 646 g/mol. The van der Waals surface area contributed by atoms with Crippen LogP contribution in [0, 0.1) is 0 Å². The second kappa shape index (κ2) is 17.8. The second-order valence-corrected chi connectivity index (χ2v) is 11.5. The molecule has 17 heteroatoms. The number of nitrogens with two attached hydrogens (primary N) is 1. The molecule has 1 aromatic carbocycles. The van der Waals surface area contributed by atoms with Gasteiger partial charge in [-0.2, -0.15) is 4.98 Å². The summed E-state index contributed by atoms with van der Waals surface area (Å²) in [6.45, 7) is 9.16. The van der Waals surface area contributed by atoms with E-state index < -0.39 is 61.3 Å². The predicted molar refractivity (Wildman–Crippen MR) is 173 cm³/mol. The fraction of sp³-hybridized carbons (Fsp3) is 0.500. The Labute approximate surface area is 281 Å². The molecule has 6 N–H and O–H groups in total. The van der Waals surface area contributed by atoms with Gasteiger partial charge in [0.25, 0.3) is 11.5 Å². The number of aliphatic hydroxyl groups excluding tert-OH is 1. The maximum atomic E-state index is 13.2. The van der Waals surface area contributed by atoms with Crippen LogP contribution < -0.4 is 16.6 Å². The number of aromatic amines is 2. The number of nitrogen functional groups attached to an aromatic ring is 1. The molecule has 1 amide bonds. The van der Waals surface area contributed by atoms with Crippen LogP contribution in [0.5, 0.6) is 0 Å². The van der Waals surface area contributed by atoms with Gasteiger partial charge in [-0.15, -0.1) is 0 Å². The molecule has 0 spiro atoms. The molecule has 3 rings (SSSR count). The van der Waals surface area contributed by atoms with Gasteiger partial charge in [0.15, 0.2) is 6.29 Å². The van der Waals surface area contributed by atoms with Crippen LogP contribution in [0.3, 0.4) is 0 Å². The third-order valence-electron chi connectivity index (χ3n) is 6.68. The average Bonchev–Trinajstić information content (AvgIpc) is 3.40. The Hall–Kier alpha value is -5.16. The first-order valence-corrected chi connectivity index (χ1v) is 15.6. The number of H-pyrrole nitrogens is 2. The highest BCUT2D eigenvalue weighted by Gasteiger charge is 2.28. The van der Waals surface area contributed by atoms with Crippen molar-refractivity contribution >= 4 is 41.2 Å². The summed E-state index contributed by atoms with van der Waals surface area (Å²) in [7, 11) is 0. The van der Waals surface area contributed by atoms with E-state index in [1.807, 2.05) is 0 Å². The number of carbonyl (C=O) groups excluding carboxylic acids is 4. The fourth-order valence-electron chi connectivity index (χ4n) is 4.53. The summed E-state index contributed by atoms with van der Waals surface area (Å²) in [5.41, 5.74) is 7.53. The lowest BCUT2D eigenvalue weighted by atomic mass is 10.0. The lowest BCUT2D eigenvalue weighted by Gasteiger charge is -2.26. The van der Waals surface area contributed by atoms with E-state index in [-0.39, 0.29) is 29.9 Å². The predicted octanol–water partition coefficient (Wildman–Crippen LogP) is 3.19. The van der Waals surface area contributed by atoms with Crippen LogP contribution in [0.25, 0.3) is 11.0 Å². The maximum absolute atomic E-state index is 13.2. The molecule has 4 atom stereocenters. The van der Waals surface area contributed by atoms with Crippen molar-refractivity contribution in [2.45, 2.75) is 104 Å². The average molecular weight is 690 g/mol. The van der Waals surface area contributed by atoms with Crippen LogP contribution in [-0.4, -0.2) is 81.4 Å². The van der Waals surface area contributed by atoms with Gasteiger partial charge in [0.1, 0.15) is 5.65 Å². The molecule has 0 saturated heterocycles. The molecule has 17 nitrogen and oxygen atoms in total. The number of anilines is 1. The second-order valence-electron chi connectivity index (χ2n) is 11.5. The SMILES string of the molecule is CC(C)OC(=O)OC(C)OC(=O)CC[C@H](NC(=O)c1ccc(CCc2c[nH]c3nc(N)[nH]c(=O)c23)cc1)C(O)OC(C)OC(=O)OC(C)C. The number of fused-ring (bicyclic) bond motifs is 1. The van der Waals surface area contributed by atoms with E-state index in [1.54, 1.807) is 58.2 Å². The number of hydrogen-bond donors (Lipinski definition) is 5. The van der Waals surface area contributed by atoms with Crippen molar-refractivity contribution in [2.24, 2.45) is 0 Å². The Morgan fingerprint density at radius 1 is 0.878 bits per heavy atom. The van der Waals surface area contributed by atoms with Gasteiger partial charge in [0.05, 0.1) is 23.6 Å². The van der Waals surface area contributed by atoms with E-state index >= 15 is 0 Å². The number of hydrogen-bond acceptors (Lipinski definition) is 14. The Bertz CT molecular complexity index is 1640. The zero-order chi connectivity index (χ0) is 36.2. The minimum atomic E-state index is -1.74. The number of amides is 1. The number of rotatable bonds is 16. The van der Waals surface area contributed by atoms with Gasteiger partial charge < -0.3 is 49.6 Å². The smallest absolute Gasteiger partial charge is 0.432 e. The molecule has 2 heterocycles. The Balaban J connectivity index is 1.64. The molecule has 268 valence electrons. The van der Waals surface area contributed by atoms with Gasteiger partial charge in [-0.1, -0.05) is 12.1 Å². The van der Waals surface area contributed by atoms with E-state index in [4.69, 9.17) is 34.2 Å². The summed E-state index contributed by atoms with van der Waals surface area (Å²) in [5.74, 6) is -1.39. The minimum Gasteiger partial charge on any atom is -0.432 e. The van der Waals surface area contributed by atoms with Gasteiger partial charge in [0.2, 0.25) is 18.5 Å². The van der Waals surface area contributed by atoms with Crippen molar-refractivity contribution in [3.05, 3.63) is 57.5 Å². The monoisotopic (exact) mass is 689 g/mol. The summed E-state index contributed by atoms with van der Waals surface area (Å²) >= 11 is 0. The number of esters is 1. The first-order valence-electron chi connectivity index (χ1n) is 15.6. The number of nitrogens with zero attached hydrogens (tertiary/aromatic N) is 1. The first kappa shape index (κ1) is 38.3. The van der Waals surface area contributed by atoms with Gasteiger partial charge in [-0.05, 0) is 77.1 Å². The van der Waals surface area contributed by atoms with Crippen molar-refractivity contribution in [3.63, 3.8) is 0 Å². The van der Waals surface area contributed by atoms with Crippen LogP contribution in [0.15, 0.2) is 35.3 Å². The van der Waals surface area contributed by atoms with Crippen LogP contribution in [0.4, 0.5) is 15.5 Å². The zero-order valence-electron chi connectivity index (χ0n) is 28.1. The Morgan fingerprint density at radius 3 is 2.10 bits per heavy atom. The number of ether oxygens (including phenoxy) is 6. The number of nitrogens with one attached hydrogen (secondary N) is 3. The molecule has 3 unspecified atom stereocenters. The summed E-state index contributed by atoms with van der Waals surface area (Å²) in [6, 6.07) is 5.46. The van der Waals surface area contributed by atoms with Gasteiger partial charge >= 0.3 is 18.3 Å². The van der Waals surface area contributed by atoms with E-state index in [2.05, 4.69) is 20.3 Å². The molecule has 0 aliphatic rings. The van der Waals surface area contributed by atoms with E-state index in [9.17, 15) is 29.1 Å². The summed E-state index contributed by atoms with van der Waals surface area (Å²) < 4.78 is 30.1. The normalized spacial score (nSPS) is 13.7. The van der Waals surface area contributed by atoms with Crippen LogP contribution in [0.2, 0.25) is 0 Å². The Morgan fingerprint density at radius 2 is 1.49 bits per heavy atom. The molecule has 0 aliphatic carbocycles. The summed E-state index contributed by atoms with van der Waals surface area (Å²) in [4.78, 5) is 71.1. The Kier molecular flexibility index (Phi) is 13.9. The van der Waals surface area contributed by atoms with Crippen LogP contribution in [-0.2, 0) is 46.1 Å². The quantitative estimate of drug-likeness (QED) is 0.0824. The van der Waals surface area contributed by atoms with Crippen LogP contribution >= 0.6 is 0 Å². The number of benzene rings is 1. The van der Waals surface area contributed by atoms with Gasteiger partial charge in [-0.25, -0.2) is 9.59 Å². The van der Waals surface area contributed by atoms with Crippen molar-refractivity contribution in [1.29, 1.82) is 0 Å². The van der Waals surface area contributed by atoms with E-state index in [1.165, 1.54) is 13.8 Å². The molecule has 49 heavy (non-hydrogen) atoms. The summed E-state index contributed by atoms with van der Waals surface area (Å²) in [6.07, 6.45) is -4.98. The van der Waals surface area contributed by atoms with Crippen LogP contribution in [0.1, 0.15) is 75.9 Å². The third-order valence-corrected chi connectivity index (χ3v) is 6.68. The lowest BCUT2D eigenvalue weighted by molar-refractivity contribution is -0.216. The highest BCUT2D eigenvalue weighted by atomic mass is 16.8. The van der Waals surface area contributed by atoms with E-state index in [0.29, 0.717) is 23.9 Å². The highest BCUT2D eigenvalue weighted by molar-refractivity contribution is 5.94. The molecule has 0 fully saturated rings. The maximum Gasteiger partial charge on any atom is 0.511 e. The number of aromatic nitrogens is 3. The van der Waals surface area contributed by atoms with Gasteiger partial charge in [-0.3, -0.25) is 19.4 Å². The zero-order valence-corrected chi connectivity index (χ0v) is 28.1. The van der Waals surface area contributed by atoms with Gasteiger partial charge in [0, 0.05) is 25.1 Å². The molecule has 3 aromatic rings. The van der Waals surface area contributed by atoms with Crippen molar-refractivity contribution in [3.8, 4) is 0 Å². The third kappa shape index (κ3) is 12.4. The van der Waals surface area contributed by atoms with E-state index in [0.717, 1.165) is 11.1 Å². The molecule has 0 saturated carbocycles. The fourth-order valence-corrected chi connectivity index (χ4v) is 4.53. The molecule has 0 bridgehead atoms. The topological polar surface area (TPSA) is 243 Å². The van der Waals surface area contributed by atoms with Crippen molar-refractivity contribution in [1.82, 2.24) is 20.3 Å². The molecular formula is C32H43N5O12. The number of aryl methyl sites for hydroxylation is 2.